The van der Waals surface area contributed by atoms with Crippen LogP contribution in [0.5, 0.6) is 0 Å². The topological polar surface area (TPSA) is 63.0 Å². The van der Waals surface area contributed by atoms with Crippen molar-refractivity contribution in [1.82, 2.24) is 29.6 Å². The monoisotopic (exact) mass is 541 g/mol. The van der Waals surface area contributed by atoms with Gasteiger partial charge in [0.05, 0.1) is 17.6 Å². The molecule has 4 saturated carbocycles. The van der Waals surface area contributed by atoms with Gasteiger partial charge in [-0.25, -0.2) is 9.97 Å². The van der Waals surface area contributed by atoms with Crippen LogP contribution in [-0.4, -0.2) is 54.4 Å². The molecule has 0 amide bonds. The van der Waals surface area contributed by atoms with Gasteiger partial charge in [-0.3, -0.25) is 9.47 Å². The van der Waals surface area contributed by atoms with Gasteiger partial charge in [0.2, 0.25) is 5.95 Å². The molecule has 198 valence electrons. The molecule has 2 bridgehead atoms. The molecule has 2 aliphatic heterocycles. The molecule has 4 aliphatic carbocycles. The molecule has 0 radical (unpaired) electrons. The van der Waals surface area contributed by atoms with Gasteiger partial charge >= 0.3 is 6.18 Å². The first-order valence-electron chi connectivity index (χ1n) is 13.2. The van der Waals surface area contributed by atoms with E-state index in [1.54, 1.807) is 6.20 Å². The first kappa shape index (κ1) is 23.2. The van der Waals surface area contributed by atoms with Gasteiger partial charge in [-0.15, -0.1) is 10.2 Å². The van der Waals surface area contributed by atoms with Crippen LogP contribution in [0.4, 0.5) is 19.1 Å². The van der Waals surface area contributed by atoms with Crippen LogP contribution in [0.1, 0.15) is 60.9 Å². The van der Waals surface area contributed by atoms with Gasteiger partial charge in [0.15, 0.2) is 5.82 Å². The Hall–Kier alpha value is -2.72. The second-order valence-electron chi connectivity index (χ2n) is 12.4. The van der Waals surface area contributed by atoms with E-state index >= 15 is 0 Å². The molecule has 7 nitrogen and oxygen atoms in total. The third-order valence-electron chi connectivity index (χ3n) is 9.85. The maximum Gasteiger partial charge on any atom is 0.394 e. The van der Waals surface area contributed by atoms with E-state index in [1.165, 1.54) is 0 Å². The van der Waals surface area contributed by atoms with Crippen LogP contribution < -0.4 is 4.90 Å². The summed E-state index contributed by atoms with van der Waals surface area (Å²) in [6.45, 7) is 4.91. The predicted octanol–water partition coefficient (Wildman–Crippen LogP) is 5.20. The summed E-state index contributed by atoms with van der Waals surface area (Å²) in [6, 6.07) is 7.73. The van der Waals surface area contributed by atoms with Gasteiger partial charge < -0.3 is 4.90 Å². The lowest BCUT2D eigenvalue weighted by molar-refractivity contribution is -0.364. The van der Waals surface area contributed by atoms with Crippen LogP contribution in [0.25, 0.3) is 5.69 Å². The van der Waals surface area contributed by atoms with E-state index in [4.69, 9.17) is 11.6 Å². The van der Waals surface area contributed by atoms with Gasteiger partial charge in [0, 0.05) is 53.4 Å². The number of halogens is 4. The maximum atomic E-state index is 13.6. The van der Waals surface area contributed by atoms with Crippen molar-refractivity contribution in [2.24, 2.45) is 10.8 Å². The highest BCUT2D eigenvalue weighted by Crippen LogP contribution is 2.75. The largest absolute Gasteiger partial charge is 0.394 e. The second kappa shape index (κ2) is 7.27. The van der Waals surface area contributed by atoms with Crippen LogP contribution in [0.3, 0.4) is 0 Å². The molecule has 11 heteroatoms. The summed E-state index contributed by atoms with van der Waals surface area (Å²) in [4.78, 5) is 13.4. The second-order valence-corrected chi connectivity index (χ2v) is 12.9. The summed E-state index contributed by atoms with van der Waals surface area (Å²) in [5, 5.41) is 9.88. The minimum Gasteiger partial charge on any atom is -0.340 e. The zero-order valence-electron chi connectivity index (χ0n) is 21.0. The molecule has 4 heterocycles. The van der Waals surface area contributed by atoms with Crippen molar-refractivity contribution in [3.8, 4) is 5.69 Å². The Labute approximate surface area is 223 Å². The summed E-state index contributed by atoms with van der Waals surface area (Å²) in [7, 11) is 0. The van der Waals surface area contributed by atoms with Gasteiger partial charge in [-0.2, -0.15) is 13.2 Å². The van der Waals surface area contributed by atoms with E-state index in [-0.39, 0.29) is 30.6 Å². The zero-order valence-corrected chi connectivity index (χ0v) is 21.7. The third-order valence-corrected chi connectivity index (χ3v) is 10.1. The van der Waals surface area contributed by atoms with Crippen molar-refractivity contribution in [2.45, 2.75) is 69.8 Å². The Morgan fingerprint density at radius 2 is 1.79 bits per heavy atom. The normalized spacial score (nSPS) is 29.4. The van der Waals surface area contributed by atoms with Gasteiger partial charge in [0.1, 0.15) is 5.82 Å². The summed E-state index contributed by atoms with van der Waals surface area (Å²) >= 11 is 6.39. The van der Waals surface area contributed by atoms with Gasteiger partial charge in [-0.1, -0.05) is 11.6 Å². The van der Waals surface area contributed by atoms with Crippen LogP contribution in [0.2, 0.25) is 5.02 Å². The molecule has 0 atom stereocenters. The number of hydrogen-bond donors (Lipinski definition) is 0. The summed E-state index contributed by atoms with van der Waals surface area (Å²) in [5.41, 5.74) is 1.33. The highest BCUT2D eigenvalue weighted by atomic mass is 35.5. The Morgan fingerprint density at radius 1 is 1.03 bits per heavy atom. The lowest BCUT2D eigenvalue weighted by atomic mass is 9.38. The quantitative estimate of drug-likeness (QED) is 0.454. The average Bonchev–Trinajstić information content (AvgIpc) is 3.05. The number of hydrogen-bond acceptors (Lipinski definition) is 6. The molecule has 5 fully saturated rings. The number of alkyl halides is 3. The van der Waals surface area contributed by atoms with Crippen molar-refractivity contribution in [2.75, 3.05) is 18.0 Å². The number of fused-ring (bicyclic) bond motifs is 3. The van der Waals surface area contributed by atoms with E-state index in [0.29, 0.717) is 18.1 Å². The minimum absolute atomic E-state index is 0.173. The molecular weight excluding hydrogens is 515 g/mol. The predicted molar refractivity (Wildman–Crippen MR) is 134 cm³/mol. The highest BCUT2D eigenvalue weighted by molar-refractivity contribution is 6.30. The molecule has 0 unspecified atom stereocenters. The molecule has 1 spiro atoms. The van der Waals surface area contributed by atoms with E-state index in [2.05, 4.69) is 34.5 Å². The van der Waals surface area contributed by atoms with Crippen LogP contribution in [0, 0.1) is 17.8 Å². The molecule has 0 N–H and O–H groups in total. The van der Waals surface area contributed by atoms with Crippen molar-refractivity contribution in [1.29, 1.82) is 0 Å². The third kappa shape index (κ3) is 3.07. The Kier molecular flexibility index (Phi) is 4.44. The number of benzene rings is 1. The molecule has 1 saturated heterocycles. The summed E-state index contributed by atoms with van der Waals surface area (Å²) in [5.74, 6) is 2.83. The van der Waals surface area contributed by atoms with Crippen molar-refractivity contribution in [3.05, 3.63) is 58.4 Å². The number of nitrogens with zero attached hydrogens (tertiary/aromatic N) is 7. The average molecular weight is 542 g/mol. The SMILES string of the molecule is Cc1ccnc(N2CC3(CC(c4nnc5n4-c4ccc(Cl)cc4CN(C46CC(C(F)(F)F)(C4)C6)C5)C3)C2)n1. The first-order chi connectivity index (χ1) is 18.1. The fourth-order valence-corrected chi connectivity index (χ4v) is 8.11. The molecule has 6 aliphatic rings. The summed E-state index contributed by atoms with van der Waals surface area (Å²) < 4.78 is 42.9. The van der Waals surface area contributed by atoms with E-state index in [9.17, 15) is 13.2 Å². The Bertz CT molecular complexity index is 1450. The first-order valence-corrected chi connectivity index (χ1v) is 13.6. The van der Waals surface area contributed by atoms with Crippen molar-refractivity contribution < 1.29 is 13.2 Å². The molecule has 2 aromatic heterocycles. The maximum absolute atomic E-state index is 13.6. The van der Waals surface area contributed by atoms with Crippen molar-refractivity contribution >= 4 is 17.5 Å². The zero-order chi connectivity index (χ0) is 26.1. The van der Waals surface area contributed by atoms with Crippen LogP contribution in [-0.2, 0) is 13.1 Å². The number of aryl methyl sites for hydroxylation is 1. The van der Waals surface area contributed by atoms with Crippen LogP contribution >= 0.6 is 11.6 Å². The fraction of sp³-hybridized carbons (Fsp3) is 0.556. The number of aromatic nitrogens is 5. The lowest BCUT2D eigenvalue weighted by Crippen LogP contribution is -2.78. The molecule has 1 aromatic carbocycles. The standard InChI is InChI=1S/C27H27ClF3N7/c1-16-4-5-32-23(33-16)36-14-24(15-36)7-18(8-24)22-35-34-21-10-37(26-11-25(12-26,13-26)27(29,30)31)9-17-6-19(28)2-3-20(17)38(21)22/h2-6,18H,7-15H2,1H3. The lowest BCUT2D eigenvalue weighted by Gasteiger charge is -2.73. The number of anilines is 1. The molecule has 9 rings (SSSR count). The smallest absolute Gasteiger partial charge is 0.340 e. The van der Waals surface area contributed by atoms with E-state index in [0.717, 1.165) is 60.5 Å². The van der Waals surface area contributed by atoms with E-state index < -0.39 is 17.1 Å². The molecule has 3 aromatic rings. The van der Waals surface area contributed by atoms with Gasteiger partial charge in [-0.05, 0) is 68.9 Å². The summed E-state index contributed by atoms with van der Waals surface area (Å²) in [6.07, 6.45) is 0.251. The van der Waals surface area contributed by atoms with Gasteiger partial charge in [0.25, 0.3) is 0 Å². The Morgan fingerprint density at radius 3 is 2.50 bits per heavy atom. The number of rotatable bonds is 3. The fourth-order valence-electron chi connectivity index (χ4n) is 7.92. The molecular formula is C27H27ClF3N7. The van der Waals surface area contributed by atoms with Crippen LogP contribution in [0.15, 0.2) is 30.5 Å². The highest BCUT2D eigenvalue weighted by Gasteiger charge is 2.80. The van der Waals surface area contributed by atoms with Crippen molar-refractivity contribution in [3.63, 3.8) is 0 Å². The minimum atomic E-state index is -4.13. The molecule has 38 heavy (non-hydrogen) atoms. The Balaban J connectivity index is 1.05. The van der Waals surface area contributed by atoms with E-state index in [1.807, 2.05) is 31.2 Å².